The van der Waals surface area contributed by atoms with Gasteiger partial charge in [0.2, 0.25) is 0 Å². The van der Waals surface area contributed by atoms with Crippen molar-refractivity contribution in [2.75, 3.05) is 13.2 Å². The largest absolute Gasteiger partial charge is 2.00 e. The first-order valence-electron chi connectivity index (χ1n) is 6.35. The quantitative estimate of drug-likeness (QED) is 0.141. The number of esters is 2. The second-order valence-corrected chi connectivity index (χ2v) is 4.58. The van der Waals surface area contributed by atoms with Gasteiger partial charge >= 0.3 is 39.2 Å². The molecule has 0 unspecified atom stereocenters. The van der Waals surface area contributed by atoms with Crippen LogP contribution in [0.15, 0.2) is 23.0 Å². The van der Waals surface area contributed by atoms with E-state index in [0.29, 0.717) is 0 Å². The maximum atomic E-state index is 10.6. The topological polar surface area (TPSA) is 220 Å². The summed E-state index contributed by atoms with van der Waals surface area (Å²) in [4.78, 5) is 20.9. The van der Waals surface area contributed by atoms with E-state index in [1.54, 1.807) is 0 Å². The van der Waals surface area contributed by atoms with Gasteiger partial charge in [0, 0.05) is 11.5 Å². The van der Waals surface area contributed by atoms with Gasteiger partial charge in [0.25, 0.3) is 0 Å². The van der Waals surface area contributed by atoms with E-state index in [0.717, 1.165) is 0 Å². The number of rotatable bonds is 4. The van der Waals surface area contributed by atoms with Crippen LogP contribution in [0.3, 0.4) is 0 Å². The molecule has 0 saturated heterocycles. The fourth-order valence-electron chi connectivity index (χ4n) is 1.63. The Kier molecular flexibility index (Phi) is 9.13. The summed E-state index contributed by atoms with van der Waals surface area (Å²) >= 11 is 0. The molecule has 12 nitrogen and oxygen atoms in total. The van der Waals surface area contributed by atoms with E-state index in [-0.39, 0.29) is 27.3 Å². The van der Waals surface area contributed by atoms with Crippen LogP contribution in [-0.2, 0) is 19.1 Å². The van der Waals surface area contributed by atoms with Crippen LogP contribution in [0.25, 0.3) is 0 Å². The minimum absolute atomic E-state index is 0. The Bertz CT molecular complexity index is 520. The molecule has 2 rings (SSSR count). The molecule has 0 aromatic heterocycles. The summed E-state index contributed by atoms with van der Waals surface area (Å²) in [6.45, 7) is -1.40. The SMILES string of the molecule is O=C1O[C@H]([C@@H](O)CO)C(O)=C1[O-].O=C1O[C@H]([C@@H](O)CO)C(O)=C1[O-].[Pb+2]. The summed E-state index contributed by atoms with van der Waals surface area (Å²) in [5.41, 5.74) is 0. The molecule has 0 bridgehead atoms. The van der Waals surface area contributed by atoms with Crippen LogP contribution in [0.1, 0.15) is 0 Å². The van der Waals surface area contributed by atoms with Crippen LogP contribution in [0.2, 0.25) is 0 Å². The van der Waals surface area contributed by atoms with Crippen molar-refractivity contribution >= 4 is 39.2 Å². The molecule has 13 heteroatoms. The van der Waals surface area contributed by atoms with Crippen molar-refractivity contribution in [3.8, 4) is 0 Å². The number of ether oxygens (including phenoxy) is 2. The van der Waals surface area contributed by atoms with Crippen molar-refractivity contribution in [2.45, 2.75) is 24.4 Å². The number of aliphatic hydroxyl groups is 6. The predicted molar refractivity (Wildman–Crippen MR) is 71.0 cm³/mol. The molecule has 2 aliphatic heterocycles. The molecule has 0 fully saturated rings. The second-order valence-electron chi connectivity index (χ2n) is 4.58. The number of carbonyl (C=O) groups excluding carboxylic acids is 2. The molecular formula is C12H14O12Pb. The van der Waals surface area contributed by atoms with Gasteiger partial charge in [-0.3, -0.25) is 0 Å². The molecule has 0 aliphatic carbocycles. The average molecular weight is 557 g/mol. The van der Waals surface area contributed by atoms with Crippen molar-refractivity contribution in [3.05, 3.63) is 23.0 Å². The Morgan fingerprint density at radius 1 is 0.840 bits per heavy atom. The normalized spacial score (nSPS) is 24.8. The van der Waals surface area contributed by atoms with E-state index >= 15 is 0 Å². The zero-order chi connectivity index (χ0) is 18.6. The number of hydrogen-bond donors (Lipinski definition) is 6. The summed E-state index contributed by atoms with van der Waals surface area (Å²) in [5.74, 6) is -6.50. The number of aliphatic hydroxyl groups excluding tert-OH is 6. The third kappa shape index (κ3) is 5.18. The Hall–Kier alpha value is -1.62. The van der Waals surface area contributed by atoms with E-state index in [2.05, 4.69) is 9.47 Å². The molecule has 2 radical (unpaired) electrons. The van der Waals surface area contributed by atoms with E-state index in [1.165, 1.54) is 0 Å². The van der Waals surface area contributed by atoms with E-state index in [1.807, 2.05) is 0 Å². The van der Waals surface area contributed by atoms with Crippen molar-refractivity contribution < 1.29 is 59.9 Å². The van der Waals surface area contributed by atoms with Crippen molar-refractivity contribution in [3.63, 3.8) is 0 Å². The van der Waals surface area contributed by atoms with Crippen molar-refractivity contribution in [1.82, 2.24) is 0 Å². The van der Waals surface area contributed by atoms with Crippen molar-refractivity contribution in [1.29, 1.82) is 0 Å². The average Bonchev–Trinajstić information content (AvgIpc) is 2.98. The van der Waals surface area contributed by atoms with Crippen LogP contribution in [0.4, 0.5) is 0 Å². The minimum Gasteiger partial charge on any atom is -0.865 e. The number of carbonyl (C=O) groups is 2. The molecule has 0 aromatic rings. The monoisotopic (exact) mass is 558 g/mol. The van der Waals surface area contributed by atoms with Crippen LogP contribution < -0.4 is 10.2 Å². The van der Waals surface area contributed by atoms with Gasteiger partial charge in [-0.15, -0.1) is 0 Å². The van der Waals surface area contributed by atoms with Gasteiger partial charge in [-0.25, -0.2) is 9.59 Å². The van der Waals surface area contributed by atoms with Gasteiger partial charge in [0.05, 0.1) is 13.2 Å². The van der Waals surface area contributed by atoms with E-state index in [9.17, 15) is 19.8 Å². The number of hydrogen-bond acceptors (Lipinski definition) is 12. The maximum Gasteiger partial charge on any atom is 2.00 e. The third-order valence-corrected chi connectivity index (χ3v) is 2.92. The van der Waals surface area contributed by atoms with Gasteiger partial charge in [0.1, 0.15) is 23.7 Å². The van der Waals surface area contributed by atoms with Crippen LogP contribution >= 0.6 is 0 Å². The molecular weight excluding hydrogens is 543 g/mol. The fraction of sp³-hybridized carbons (Fsp3) is 0.500. The summed E-state index contributed by atoms with van der Waals surface area (Å²) in [6.07, 6.45) is -5.76. The van der Waals surface area contributed by atoms with Gasteiger partial charge < -0.3 is 50.3 Å². The molecule has 0 saturated carbocycles. The molecule has 2 aliphatic rings. The zero-order valence-electron chi connectivity index (χ0n) is 12.4. The van der Waals surface area contributed by atoms with Crippen LogP contribution in [0, 0.1) is 0 Å². The first-order valence-corrected chi connectivity index (χ1v) is 6.35. The summed E-state index contributed by atoms with van der Waals surface area (Å²) < 4.78 is 8.51. The molecule has 0 spiro atoms. The van der Waals surface area contributed by atoms with Gasteiger partial charge in [-0.1, -0.05) is 0 Å². The molecule has 0 aromatic carbocycles. The smallest absolute Gasteiger partial charge is 0.865 e. The molecule has 0 amide bonds. The first kappa shape index (κ1) is 23.4. The van der Waals surface area contributed by atoms with Gasteiger partial charge in [-0.05, 0) is 0 Å². The second kappa shape index (κ2) is 9.76. The van der Waals surface area contributed by atoms with Gasteiger partial charge in [-0.2, -0.15) is 0 Å². The van der Waals surface area contributed by atoms with Crippen LogP contribution in [0.5, 0.6) is 0 Å². The Morgan fingerprint density at radius 2 is 1.12 bits per heavy atom. The summed E-state index contributed by atoms with van der Waals surface area (Å²) in [5, 5.41) is 73.5. The van der Waals surface area contributed by atoms with E-state index < -0.39 is 72.6 Å². The third-order valence-electron chi connectivity index (χ3n) is 2.92. The molecule has 6 N–H and O–H groups in total. The molecule has 4 atom stereocenters. The summed E-state index contributed by atoms with van der Waals surface area (Å²) in [7, 11) is 0. The summed E-state index contributed by atoms with van der Waals surface area (Å²) in [6, 6.07) is 0. The Labute approximate surface area is 160 Å². The Morgan fingerprint density at radius 3 is 1.28 bits per heavy atom. The minimum atomic E-state index is -1.46. The molecule has 2 heterocycles. The molecule has 25 heavy (non-hydrogen) atoms. The zero-order valence-corrected chi connectivity index (χ0v) is 16.2. The predicted octanol–water partition coefficient (Wildman–Crippen LogP) is -5.59. The number of cyclic esters (lactones) is 2. The Balaban J connectivity index is 0.000000443. The van der Waals surface area contributed by atoms with Gasteiger partial charge in [0.15, 0.2) is 12.2 Å². The fourth-order valence-corrected chi connectivity index (χ4v) is 1.63. The maximum absolute atomic E-state index is 10.6. The first-order chi connectivity index (χ1) is 11.1. The standard InChI is InChI=1S/2C6H8O6.Pb/c2*7-1-2(8)5-3(9)4(10)6(11)12-5;/h2*2,5,7-10H,1H2;/q;;+2/p-2/t2*2-,5+;/m00./s1. The van der Waals surface area contributed by atoms with Crippen LogP contribution in [-0.4, -0.2) is 108 Å². The molecule has 138 valence electrons. The van der Waals surface area contributed by atoms with E-state index in [4.69, 9.17) is 30.6 Å². The van der Waals surface area contributed by atoms with Crippen molar-refractivity contribution in [2.24, 2.45) is 0 Å².